The molecule has 0 unspecified atom stereocenters. The molecule has 0 bridgehead atoms. The molecule has 3 aliphatic carbocycles. The molecule has 8 heteroatoms. The van der Waals surface area contributed by atoms with E-state index >= 15 is 0 Å². The van der Waals surface area contributed by atoms with Gasteiger partial charge < -0.3 is 8.85 Å². The van der Waals surface area contributed by atoms with Crippen LogP contribution >= 0.6 is 0 Å². The van der Waals surface area contributed by atoms with Crippen LogP contribution in [0.1, 0.15) is 106 Å². The molecule has 1 aromatic carbocycles. The SMILES string of the molecule is C=C1/C(=C/C=C2/CCC[C@]3(C)[C@@H]([C@H](C)COS(=O)(=O)c4ccc(C)cc4)CC[C@@H]23)C[C@@H](O[Si](C)(C)C(C)(C)C)[C@H](C)[C@@H]1O[Si](C)(C)C(C)(C)C. The highest BCUT2D eigenvalue weighted by atomic mass is 32.2. The lowest BCUT2D eigenvalue weighted by atomic mass is 9.61. The number of hydrogen-bond donors (Lipinski definition) is 0. The minimum absolute atomic E-state index is 0.0615. The van der Waals surface area contributed by atoms with Crippen LogP contribution in [0, 0.1) is 36.0 Å². The maximum atomic E-state index is 13.0. The van der Waals surface area contributed by atoms with Crippen molar-refractivity contribution in [2.24, 2.45) is 29.1 Å². The highest BCUT2D eigenvalue weighted by molar-refractivity contribution is 7.86. The number of rotatable bonds is 10. The maximum absolute atomic E-state index is 13.0. The van der Waals surface area contributed by atoms with Crippen LogP contribution in [0.25, 0.3) is 0 Å². The minimum Gasteiger partial charge on any atom is -0.413 e. The molecule has 0 spiro atoms. The molecule has 0 aromatic heterocycles. The maximum Gasteiger partial charge on any atom is 0.296 e. The molecule has 0 N–H and O–H groups in total. The average Bonchev–Trinajstić information content (AvgIpc) is 3.35. The summed E-state index contributed by atoms with van der Waals surface area (Å²) in [6, 6.07) is 6.92. The number of hydrogen-bond acceptors (Lipinski definition) is 5. The van der Waals surface area contributed by atoms with E-state index in [0.29, 0.717) is 11.8 Å². The fourth-order valence-electron chi connectivity index (χ4n) is 8.29. The molecule has 7 atom stereocenters. The fraction of sp³-hybridized carbons (Fsp3) is 0.714. The second kappa shape index (κ2) is 14.9. The molecule has 1 aromatic rings. The summed E-state index contributed by atoms with van der Waals surface area (Å²) >= 11 is 0. The van der Waals surface area contributed by atoms with Crippen LogP contribution in [-0.2, 0) is 23.2 Å². The van der Waals surface area contributed by atoms with Crippen molar-refractivity contribution in [3.8, 4) is 0 Å². The number of benzene rings is 1. The van der Waals surface area contributed by atoms with E-state index in [2.05, 4.69) is 101 Å². The zero-order valence-corrected chi connectivity index (χ0v) is 36.9. The molecular weight excluding hydrogens is 673 g/mol. The Bertz CT molecular complexity index is 1540. The van der Waals surface area contributed by atoms with Crippen LogP contribution in [0.2, 0.25) is 36.3 Å². The van der Waals surface area contributed by atoms with E-state index in [1.54, 1.807) is 12.1 Å². The van der Waals surface area contributed by atoms with Crippen LogP contribution in [-0.4, -0.2) is 43.9 Å². The lowest BCUT2D eigenvalue weighted by Crippen LogP contribution is -2.53. The molecule has 3 aliphatic rings. The van der Waals surface area contributed by atoms with Crippen LogP contribution in [0.15, 0.2) is 64.6 Å². The molecule has 5 nitrogen and oxygen atoms in total. The predicted octanol–water partition coefficient (Wildman–Crippen LogP) is 11.8. The Morgan fingerprint density at radius 3 is 2.12 bits per heavy atom. The van der Waals surface area contributed by atoms with Gasteiger partial charge in [0.15, 0.2) is 16.6 Å². The van der Waals surface area contributed by atoms with Crippen molar-refractivity contribution in [2.45, 2.75) is 161 Å². The summed E-state index contributed by atoms with van der Waals surface area (Å²) in [6.45, 7) is 37.1. The number of aryl methyl sites for hydroxylation is 1. The highest BCUT2D eigenvalue weighted by Gasteiger charge is 2.51. The first-order valence-electron chi connectivity index (χ1n) is 19.2. The Kier molecular flexibility index (Phi) is 12.3. The lowest BCUT2D eigenvalue weighted by Gasteiger charge is -2.48. The first-order chi connectivity index (χ1) is 22.8. The molecule has 0 heterocycles. The van der Waals surface area contributed by atoms with E-state index in [-0.39, 0.29) is 51.0 Å². The van der Waals surface area contributed by atoms with Crippen molar-refractivity contribution in [1.29, 1.82) is 0 Å². The third-order valence-corrected chi connectivity index (χ3v) is 24.0. The molecule has 282 valence electrons. The molecule has 50 heavy (non-hydrogen) atoms. The topological polar surface area (TPSA) is 61.8 Å². The third-order valence-electron chi connectivity index (χ3n) is 13.7. The zero-order valence-electron chi connectivity index (χ0n) is 34.0. The smallest absolute Gasteiger partial charge is 0.296 e. The second-order valence-corrected chi connectivity index (χ2v) is 30.5. The van der Waals surface area contributed by atoms with Gasteiger partial charge in [0.05, 0.1) is 23.7 Å². The summed E-state index contributed by atoms with van der Waals surface area (Å²) in [7, 11) is -7.87. The molecular formula is C42H70O5SSi2. The van der Waals surface area contributed by atoms with Gasteiger partial charge in [-0.3, -0.25) is 4.18 Å². The zero-order chi connectivity index (χ0) is 37.7. The molecule has 0 amide bonds. The molecule has 4 rings (SSSR count). The normalized spacial score (nSPS) is 30.9. The van der Waals surface area contributed by atoms with Gasteiger partial charge in [-0.15, -0.1) is 0 Å². The van der Waals surface area contributed by atoms with Crippen molar-refractivity contribution in [3.05, 3.63) is 65.3 Å². The van der Waals surface area contributed by atoms with E-state index in [1.807, 2.05) is 19.1 Å². The van der Waals surface area contributed by atoms with Crippen LogP contribution < -0.4 is 0 Å². The second-order valence-electron chi connectivity index (χ2n) is 19.4. The quantitative estimate of drug-likeness (QED) is 0.176. The van der Waals surface area contributed by atoms with Gasteiger partial charge in [0.2, 0.25) is 0 Å². The van der Waals surface area contributed by atoms with Gasteiger partial charge >= 0.3 is 0 Å². The Balaban J connectivity index is 1.58. The van der Waals surface area contributed by atoms with Crippen molar-refractivity contribution >= 4 is 26.8 Å². The Labute approximate surface area is 309 Å². The first-order valence-corrected chi connectivity index (χ1v) is 26.4. The van der Waals surface area contributed by atoms with E-state index in [4.69, 9.17) is 19.6 Å². The van der Waals surface area contributed by atoms with Gasteiger partial charge in [-0.2, -0.15) is 8.42 Å². The van der Waals surface area contributed by atoms with Crippen LogP contribution in [0.4, 0.5) is 0 Å². The van der Waals surface area contributed by atoms with Gasteiger partial charge in [-0.25, -0.2) is 0 Å². The summed E-state index contributed by atoms with van der Waals surface area (Å²) in [6.07, 6.45) is 11.3. The van der Waals surface area contributed by atoms with Gasteiger partial charge in [0.25, 0.3) is 10.1 Å². The van der Waals surface area contributed by atoms with Crippen molar-refractivity contribution in [1.82, 2.24) is 0 Å². The van der Waals surface area contributed by atoms with Crippen molar-refractivity contribution < 1.29 is 21.5 Å². The van der Waals surface area contributed by atoms with E-state index < -0.39 is 26.8 Å². The summed E-state index contributed by atoms with van der Waals surface area (Å²) in [5.41, 5.74) is 5.08. The number of allylic oxidation sites excluding steroid dienone is 3. The molecule has 0 radical (unpaired) electrons. The minimum atomic E-state index is -3.78. The number of fused-ring (bicyclic) bond motifs is 1. The highest BCUT2D eigenvalue weighted by Crippen LogP contribution is 2.59. The van der Waals surface area contributed by atoms with Gasteiger partial charge in [0, 0.05) is 5.92 Å². The first kappa shape index (κ1) is 41.5. The van der Waals surface area contributed by atoms with Crippen LogP contribution in [0.5, 0.6) is 0 Å². The van der Waals surface area contributed by atoms with E-state index in [1.165, 1.54) is 17.6 Å². The predicted molar refractivity (Wildman–Crippen MR) is 215 cm³/mol. The van der Waals surface area contributed by atoms with Crippen molar-refractivity contribution in [2.75, 3.05) is 6.61 Å². The molecule has 3 fully saturated rings. The molecule has 3 saturated carbocycles. The van der Waals surface area contributed by atoms with Crippen LogP contribution in [0.3, 0.4) is 0 Å². The van der Waals surface area contributed by atoms with Gasteiger partial charge in [0.1, 0.15) is 0 Å². The standard InChI is InChI=1S/C42H70O5SSi2/c1-29-18-22-35(23-19-29)48(43,44)45-28-30(2)36-24-25-37-33(17-16-26-42(36,37)11)20-21-34-27-38(46-49(12,13)40(5,6)7)32(4)39(31(34)3)47-50(14,15)41(8,9)10/h18-23,30,32,36-39H,3,16-17,24-28H2,1-2,4-15H3/b33-20-,34-21+/t30-,32+,36-,37+,38-,39-,42-/m1/s1. The summed E-state index contributed by atoms with van der Waals surface area (Å²) < 4.78 is 46.0. The molecule has 0 saturated heterocycles. The molecule has 0 aliphatic heterocycles. The van der Waals surface area contributed by atoms with Gasteiger partial charge in [-0.1, -0.05) is 104 Å². The Hall–Kier alpha value is -1.30. The van der Waals surface area contributed by atoms with Gasteiger partial charge in [-0.05, 0) is 128 Å². The summed E-state index contributed by atoms with van der Waals surface area (Å²) in [5.74, 6) is 1.27. The summed E-state index contributed by atoms with van der Waals surface area (Å²) in [5, 5.41) is 0.228. The lowest BCUT2D eigenvalue weighted by molar-refractivity contribution is 0.0406. The van der Waals surface area contributed by atoms with Crippen molar-refractivity contribution in [3.63, 3.8) is 0 Å². The Morgan fingerprint density at radius 2 is 1.54 bits per heavy atom. The largest absolute Gasteiger partial charge is 0.413 e. The monoisotopic (exact) mass is 742 g/mol. The van der Waals surface area contributed by atoms with E-state index in [0.717, 1.165) is 43.2 Å². The average molecular weight is 743 g/mol. The third kappa shape index (κ3) is 8.73. The fourth-order valence-corrected chi connectivity index (χ4v) is 12.0. The van der Waals surface area contributed by atoms with E-state index in [9.17, 15) is 8.42 Å². The Morgan fingerprint density at radius 1 is 0.960 bits per heavy atom. The summed E-state index contributed by atoms with van der Waals surface area (Å²) in [4.78, 5) is 0.231.